The number of hydrogen-bond donors (Lipinski definition) is 1. The van der Waals surface area contributed by atoms with E-state index >= 15 is 0 Å². The maximum absolute atomic E-state index is 14.2. The van der Waals surface area contributed by atoms with Crippen LogP contribution in [0.2, 0.25) is 0 Å². The predicted molar refractivity (Wildman–Crippen MR) is 112 cm³/mol. The van der Waals surface area contributed by atoms with Crippen LogP contribution in [0, 0.1) is 23.0 Å². The molecule has 1 heterocycles. The molecule has 0 radical (unpaired) electrons. The van der Waals surface area contributed by atoms with Gasteiger partial charge in [0.05, 0.1) is 11.4 Å². The van der Waals surface area contributed by atoms with Crippen molar-refractivity contribution in [2.24, 2.45) is 11.3 Å². The van der Waals surface area contributed by atoms with Gasteiger partial charge < -0.3 is 9.67 Å². The molecular formula is C25H25F2NO2. The number of aliphatic carboxylic acids is 1. The number of halogens is 2. The highest BCUT2D eigenvalue weighted by Crippen LogP contribution is 2.65. The van der Waals surface area contributed by atoms with Gasteiger partial charge in [-0.2, -0.15) is 0 Å². The Morgan fingerprint density at radius 3 is 2.27 bits per heavy atom. The van der Waals surface area contributed by atoms with E-state index in [1.165, 1.54) is 23.8 Å². The van der Waals surface area contributed by atoms with Crippen LogP contribution in [-0.4, -0.2) is 15.6 Å². The van der Waals surface area contributed by atoms with Crippen molar-refractivity contribution in [3.63, 3.8) is 0 Å². The van der Waals surface area contributed by atoms with Crippen LogP contribution >= 0.6 is 0 Å². The van der Waals surface area contributed by atoms with Crippen molar-refractivity contribution in [3.8, 4) is 5.69 Å². The standard InChI is InChI=1S/C25H25F2NO2/c1-14(2)23-22(15-10-25(11-15)12-16(13-25)24(29)30)20-8-5-18(27)9-21(20)28(23)19-6-3-17(26)4-7-19/h3-9,14-16H,10-13H2,1-2H3,(H,29,30). The summed E-state index contributed by atoms with van der Waals surface area (Å²) in [5.41, 5.74) is 4.17. The van der Waals surface area contributed by atoms with Crippen LogP contribution in [0.5, 0.6) is 0 Å². The molecule has 0 unspecified atom stereocenters. The van der Waals surface area contributed by atoms with Crippen molar-refractivity contribution in [2.75, 3.05) is 0 Å². The predicted octanol–water partition coefficient (Wildman–Crippen LogP) is 6.39. The zero-order chi connectivity index (χ0) is 21.2. The Balaban J connectivity index is 1.61. The fourth-order valence-corrected chi connectivity index (χ4v) is 5.86. The summed E-state index contributed by atoms with van der Waals surface area (Å²) in [7, 11) is 0. The van der Waals surface area contributed by atoms with E-state index in [1.54, 1.807) is 18.2 Å². The zero-order valence-corrected chi connectivity index (χ0v) is 17.2. The lowest BCUT2D eigenvalue weighted by atomic mass is 9.47. The molecule has 1 N–H and O–H groups in total. The Bertz CT molecular complexity index is 1130. The second kappa shape index (κ2) is 6.66. The Kier molecular flexibility index (Phi) is 4.28. The lowest BCUT2D eigenvalue weighted by Crippen LogP contribution is -2.49. The van der Waals surface area contributed by atoms with Gasteiger partial charge >= 0.3 is 5.97 Å². The highest BCUT2D eigenvalue weighted by atomic mass is 19.1. The highest BCUT2D eigenvalue weighted by Gasteiger charge is 2.55. The first-order chi connectivity index (χ1) is 14.3. The minimum Gasteiger partial charge on any atom is -0.481 e. The van der Waals surface area contributed by atoms with E-state index in [9.17, 15) is 18.7 Å². The van der Waals surface area contributed by atoms with E-state index in [4.69, 9.17) is 0 Å². The normalized spacial score (nSPS) is 25.5. The maximum atomic E-state index is 14.2. The van der Waals surface area contributed by atoms with Gasteiger partial charge in [0.2, 0.25) is 0 Å². The molecule has 2 aliphatic carbocycles. The van der Waals surface area contributed by atoms with Gasteiger partial charge in [0.25, 0.3) is 0 Å². The zero-order valence-electron chi connectivity index (χ0n) is 17.2. The van der Waals surface area contributed by atoms with E-state index in [-0.39, 0.29) is 28.9 Å². The first-order valence-electron chi connectivity index (χ1n) is 10.6. The molecule has 2 fully saturated rings. The number of carboxylic acids is 1. The quantitative estimate of drug-likeness (QED) is 0.542. The Labute approximate surface area is 174 Å². The molecule has 2 aliphatic rings. The number of carbonyl (C=O) groups is 1. The second-order valence-corrected chi connectivity index (χ2v) is 9.48. The number of nitrogens with zero attached hydrogens (tertiary/aromatic N) is 1. The van der Waals surface area contributed by atoms with Crippen LogP contribution in [0.3, 0.4) is 0 Å². The fourth-order valence-electron chi connectivity index (χ4n) is 5.86. The lowest BCUT2D eigenvalue weighted by Gasteiger charge is -2.57. The molecule has 3 nitrogen and oxygen atoms in total. The number of hydrogen-bond acceptors (Lipinski definition) is 1. The topological polar surface area (TPSA) is 42.2 Å². The molecule has 3 aromatic rings. The van der Waals surface area contributed by atoms with Crippen LogP contribution in [-0.2, 0) is 4.79 Å². The largest absolute Gasteiger partial charge is 0.481 e. The van der Waals surface area contributed by atoms with Crippen molar-refractivity contribution >= 4 is 16.9 Å². The number of rotatable bonds is 4. The molecule has 156 valence electrons. The van der Waals surface area contributed by atoms with Gasteiger partial charge in [0.1, 0.15) is 11.6 Å². The van der Waals surface area contributed by atoms with Gasteiger partial charge in [-0.05, 0) is 91.0 Å². The number of carboxylic acid groups (broad SMARTS) is 1. The van der Waals surface area contributed by atoms with Crippen molar-refractivity contribution in [3.05, 3.63) is 65.4 Å². The van der Waals surface area contributed by atoms with E-state index < -0.39 is 5.97 Å². The van der Waals surface area contributed by atoms with Crippen LogP contribution in [0.15, 0.2) is 42.5 Å². The van der Waals surface area contributed by atoms with Crippen LogP contribution < -0.4 is 0 Å². The maximum Gasteiger partial charge on any atom is 0.306 e. The van der Waals surface area contributed by atoms with E-state index in [1.807, 2.05) is 6.07 Å². The summed E-state index contributed by atoms with van der Waals surface area (Å²) < 4.78 is 29.8. The van der Waals surface area contributed by atoms with Gasteiger partial charge in [0, 0.05) is 16.8 Å². The molecule has 0 bridgehead atoms. The third-order valence-corrected chi connectivity index (χ3v) is 7.11. The molecule has 2 saturated carbocycles. The van der Waals surface area contributed by atoms with E-state index in [0.717, 1.165) is 48.0 Å². The minimum atomic E-state index is -0.685. The van der Waals surface area contributed by atoms with Crippen LogP contribution in [0.1, 0.15) is 62.6 Å². The van der Waals surface area contributed by atoms with Crippen molar-refractivity contribution in [1.82, 2.24) is 4.57 Å². The summed E-state index contributed by atoms with van der Waals surface area (Å²) >= 11 is 0. The average molecular weight is 409 g/mol. The summed E-state index contributed by atoms with van der Waals surface area (Å²) in [4.78, 5) is 11.2. The average Bonchev–Trinajstić information content (AvgIpc) is 2.94. The summed E-state index contributed by atoms with van der Waals surface area (Å²) in [6.07, 6.45) is 3.50. The molecule has 5 heteroatoms. The van der Waals surface area contributed by atoms with Crippen molar-refractivity contribution in [2.45, 2.75) is 51.4 Å². The smallest absolute Gasteiger partial charge is 0.306 e. The van der Waals surface area contributed by atoms with E-state index in [0.29, 0.717) is 5.92 Å². The van der Waals surface area contributed by atoms with Crippen LogP contribution in [0.4, 0.5) is 8.78 Å². The van der Waals surface area contributed by atoms with Gasteiger partial charge in [-0.1, -0.05) is 13.8 Å². The summed E-state index contributed by atoms with van der Waals surface area (Å²) in [6.45, 7) is 4.26. The molecule has 0 atom stereocenters. The third-order valence-electron chi connectivity index (χ3n) is 7.11. The van der Waals surface area contributed by atoms with Gasteiger partial charge in [-0.3, -0.25) is 4.79 Å². The monoisotopic (exact) mass is 409 g/mol. The third kappa shape index (κ3) is 2.86. The SMILES string of the molecule is CC(C)c1c(C2CC3(CC(C(=O)O)C3)C2)c2ccc(F)cc2n1-c1ccc(F)cc1. The summed E-state index contributed by atoms with van der Waals surface area (Å²) in [5, 5.41) is 10.3. The molecule has 30 heavy (non-hydrogen) atoms. The first-order valence-corrected chi connectivity index (χ1v) is 10.6. The molecule has 0 saturated heterocycles. The lowest BCUT2D eigenvalue weighted by molar-refractivity contribution is -0.155. The Morgan fingerprint density at radius 1 is 1.03 bits per heavy atom. The summed E-state index contributed by atoms with van der Waals surface area (Å²) in [6, 6.07) is 11.3. The summed E-state index contributed by atoms with van der Waals surface area (Å²) in [5.74, 6) is -0.942. The minimum absolute atomic E-state index is 0.159. The second-order valence-electron chi connectivity index (χ2n) is 9.48. The molecular weight excluding hydrogens is 384 g/mol. The fraction of sp³-hybridized carbons (Fsp3) is 0.400. The molecule has 0 aliphatic heterocycles. The molecule has 2 aromatic carbocycles. The number of aromatic nitrogens is 1. The highest BCUT2D eigenvalue weighted by molar-refractivity contribution is 5.88. The molecule has 1 spiro atoms. The first kappa shape index (κ1) is 19.3. The molecule has 5 rings (SSSR count). The van der Waals surface area contributed by atoms with E-state index in [2.05, 4.69) is 18.4 Å². The molecule has 0 amide bonds. The van der Waals surface area contributed by atoms with Gasteiger partial charge in [-0.25, -0.2) is 8.78 Å². The van der Waals surface area contributed by atoms with Gasteiger partial charge in [0.15, 0.2) is 0 Å². The van der Waals surface area contributed by atoms with Crippen molar-refractivity contribution < 1.29 is 18.7 Å². The van der Waals surface area contributed by atoms with Crippen molar-refractivity contribution in [1.29, 1.82) is 0 Å². The number of fused-ring (bicyclic) bond motifs is 1. The Morgan fingerprint density at radius 2 is 1.67 bits per heavy atom. The van der Waals surface area contributed by atoms with Crippen LogP contribution in [0.25, 0.3) is 16.6 Å². The molecule has 1 aromatic heterocycles. The number of benzene rings is 2. The Hall–Kier alpha value is -2.69. The van der Waals surface area contributed by atoms with Gasteiger partial charge in [-0.15, -0.1) is 0 Å².